The molecule has 1 heterocycles. The van der Waals surface area contributed by atoms with Crippen molar-refractivity contribution in [2.45, 2.75) is 70.4 Å². The fourth-order valence-electron chi connectivity index (χ4n) is 3.68. The number of allylic oxidation sites excluding steroid dienone is 4. The lowest BCUT2D eigenvalue weighted by atomic mass is 9.74. The predicted molar refractivity (Wildman–Crippen MR) is 104 cm³/mol. The topological polar surface area (TPSA) is 84.3 Å². The summed E-state index contributed by atoms with van der Waals surface area (Å²) >= 11 is 0. The first-order valence-corrected chi connectivity index (χ1v) is 9.41. The van der Waals surface area contributed by atoms with Crippen LogP contribution in [0.15, 0.2) is 36.5 Å². The first-order valence-electron chi connectivity index (χ1n) is 9.41. The van der Waals surface area contributed by atoms with Crippen LogP contribution >= 0.6 is 0 Å². The molecule has 1 saturated heterocycles. The molecular weight excluding hydrogens is 317 g/mol. The highest BCUT2D eigenvalue weighted by Crippen LogP contribution is 2.32. The molecule has 4 nitrogen and oxygen atoms in total. The molecule has 1 aliphatic rings. The standard InChI is InChI=1S/C20H36FN3O/c1-4-6-8-15(11-12-22)9-7-10-18-17(13-16(21)5-2)14(3)19(23)20(25)24-18/h4-6,8,14,16-20,24-25H,2,7,9-13,22-23H2,1,3H3/b6-4-,15-8-/t14?,16?,17?,18?,19-,20?/m1/s1. The van der Waals surface area contributed by atoms with Crippen LogP contribution in [0.1, 0.15) is 46.0 Å². The normalized spacial score (nSPS) is 32.1. The summed E-state index contributed by atoms with van der Waals surface area (Å²) in [5, 5.41) is 13.3. The minimum Gasteiger partial charge on any atom is -0.377 e. The van der Waals surface area contributed by atoms with Gasteiger partial charge in [0.25, 0.3) is 0 Å². The average molecular weight is 354 g/mol. The van der Waals surface area contributed by atoms with Crippen molar-refractivity contribution in [3.8, 4) is 0 Å². The number of nitrogens with one attached hydrogen (secondary N) is 1. The Morgan fingerprint density at radius 1 is 1.40 bits per heavy atom. The molecule has 25 heavy (non-hydrogen) atoms. The second-order valence-corrected chi connectivity index (χ2v) is 7.09. The summed E-state index contributed by atoms with van der Waals surface area (Å²) in [6.45, 7) is 8.18. The largest absolute Gasteiger partial charge is 0.377 e. The zero-order valence-electron chi connectivity index (χ0n) is 15.7. The lowest BCUT2D eigenvalue weighted by Gasteiger charge is -2.44. The van der Waals surface area contributed by atoms with E-state index >= 15 is 0 Å². The van der Waals surface area contributed by atoms with Crippen LogP contribution in [0.5, 0.6) is 0 Å². The number of hydrogen-bond acceptors (Lipinski definition) is 4. The molecule has 0 radical (unpaired) electrons. The van der Waals surface area contributed by atoms with Gasteiger partial charge in [-0.3, -0.25) is 5.32 Å². The van der Waals surface area contributed by atoms with E-state index < -0.39 is 12.4 Å². The van der Waals surface area contributed by atoms with Crippen molar-refractivity contribution in [2.24, 2.45) is 23.3 Å². The first kappa shape index (κ1) is 22.0. The van der Waals surface area contributed by atoms with Crippen LogP contribution in [0.3, 0.4) is 0 Å². The van der Waals surface area contributed by atoms with Gasteiger partial charge in [-0.1, -0.05) is 36.8 Å². The van der Waals surface area contributed by atoms with E-state index in [1.165, 1.54) is 11.6 Å². The Labute approximate surface area is 152 Å². The molecule has 5 heteroatoms. The number of piperidine rings is 1. The second kappa shape index (κ2) is 11.6. The van der Waals surface area contributed by atoms with Crippen LogP contribution < -0.4 is 16.8 Å². The zero-order valence-corrected chi connectivity index (χ0v) is 15.7. The van der Waals surface area contributed by atoms with Gasteiger partial charge in [-0.2, -0.15) is 0 Å². The van der Waals surface area contributed by atoms with Gasteiger partial charge in [0.1, 0.15) is 12.4 Å². The molecule has 0 saturated carbocycles. The monoisotopic (exact) mass is 353 g/mol. The number of alkyl halides is 1. The number of aliphatic hydroxyl groups excluding tert-OH is 1. The number of aliphatic hydroxyl groups is 1. The highest BCUT2D eigenvalue weighted by molar-refractivity contribution is 5.12. The third-order valence-corrected chi connectivity index (χ3v) is 5.30. The number of hydrogen-bond donors (Lipinski definition) is 4. The minimum absolute atomic E-state index is 0.0570. The smallest absolute Gasteiger partial charge is 0.120 e. The Kier molecular flexibility index (Phi) is 10.2. The summed E-state index contributed by atoms with van der Waals surface area (Å²) in [6, 6.07) is -0.315. The zero-order chi connectivity index (χ0) is 18.8. The lowest BCUT2D eigenvalue weighted by Crippen LogP contribution is -2.62. The quantitative estimate of drug-likeness (QED) is 0.359. The van der Waals surface area contributed by atoms with E-state index in [0.717, 1.165) is 25.7 Å². The average Bonchev–Trinajstić information content (AvgIpc) is 2.60. The molecule has 5 unspecified atom stereocenters. The van der Waals surface area contributed by atoms with E-state index in [2.05, 4.69) is 18.0 Å². The Balaban J connectivity index is 2.69. The van der Waals surface area contributed by atoms with Crippen LogP contribution in [0.25, 0.3) is 0 Å². The molecule has 0 bridgehead atoms. The van der Waals surface area contributed by atoms with Crippen LogP contribution in [0.4, 0.5) is 4.39 Å². The Morgan fingerprint density at radius 2 is 2.12 bits per heavy atom. The molecule has 6 atom stereocenters. The van der Waals surface area contributed by atoms with Crippen molar-refractivity contribution in [2.75, 3.05) is 6.54 Å². The van der Waals surface area contributed by atoms with Crippen molar-refractivity contribution in [1.29, 1.82) is 0 Å². The number of halogens is 1. The van der Waals surface area contributed by atoms with Crippen molar-refractivity contribution in [3.63, 3.8) is 0 Å². The van der Waals surface area contributed by atoms with Crippen molar-refractivity contribution in [3.05, 3.63) is 36.5 Å². The summed E-state index contributed by atoms with van der Waals surface area (Å²) in [7, 11) is 0. The van der Waals surface area contributed by atoms with Crippen LogP contribution in [0, 0.1) is 11.8 Å². The van der Waals surface area contributed by atoms with Gasteiger partial charge in [-0.05, 0) is 57.4 Å². The Bertz CT molecular complexity index is 452. The summed E-state index contributed by atoms with van der Waals surface area (Å²) in [5.41, 5.74) is 13.1. The number of rotatable bonds is 10. The maximum atomic E-state index is 13.9. The van der Waals surface area contributed by atoms with Crippen LogP contribution in [0.2, 0.25) is 0 Å². The maximum absolute atomic E-state index is 13.9. The van der Waals surface area contributed by atoms with Gasteiger partial charge in [0.2, 0.25) is 0 Å². The fourth-order valence-corrected chi connectivity index (χ4v) is 3.68. The van der Waals surface area contributed by atoms with Crippen molar-refractivity contribution >= 4 is 0 Å². The highest BCUT2D eigenvalue weighted by Gasteiger charge is 2.40. The molecule has 0 spiro atoms. The molecular formula is C20H36FN3O. The third-order valence-electron chi connectivity index (χ3n) is 5.30. The Morgan fingerprint density at radius 3 is 2.72 bits per heavy atom. The highest BCUT2D eigenvalue weighted by atomic mass is 19.1. The summed E-state index contributed by atoms with van der Waals surface area (Å²) in [4.78, 5) is 0. The molecule has 6 N–H and O–H groups in total. The van der Waals surface area contributed by atoms with E-state index in [1.807, 2.05) is 26.0 Å². The van der Waals surface area contributed by atoms with Crippen LogP contribution in [-0.4, -0.2) is 36.1 Å². The van der Waals surface area contributed by atoms with E-state index in [0.29, 0.717) is 13.0 Å². The SMILES string of the molecule is C=CC(F)CC1C(CCC/C(=C/C=C\C)CCN)NC(O)[C@H](N)C1C. The second-order valence-electron chi connectivity index (χ2n) is 7.09. The van der Waals surface area contributed by atoms with Crippen molar-refractivity contribution in [1.82, 2.24) is 5.32 Å². The molecule has 0 aromatic heterocycles. The molecule has 0 aromatic rings. The summed E-state index contributed by atoms with van der Waals surface area (Å²) in [5.74, 6) is 0.144. The van der Waals surface area contributed by atoms with E-state index in [9.17, 15) is 9.50 Å². The third kappa shape index (κ3) is 7.02. The lowest BCUT2D eigenvalue weighted by molar-refractivity contribution is -0.00277. The van der Waals surface area contributed by atoms with E-state index in [-0.39, 0.29) is 23.9 Å². The fraction of sp³-hybridized carbons (Fsp3) is 0.700. The van der Waals surface area contributed by atoms with E-state index in [1.54, 1.807) is 0 Å². The van der Waals surface area contributed by atoms with Gasteiger partial charge in [-0.25, -0.2) is 4.39 Å². The number of nitrogens with two attached hydrogens (primary N) is 2. The molecule has 1 aliphatic heterocycles. The van der Waals surface area contributed by atoms with Gasteiger partial charge in [0.15, 0.2) is 0 Å². The molecule has 0 amide bonds. The molecule has 144 valence electrons. The summed E-state index contributed by atoms with van der Waals surface area (Å²) in [6.07, 6.45) is 9.83. The molecule has 1 rings (SSSR count). The summed E-state index contributed by atoms with van der Waals surface area (Å²) < 4.78 is 13.9. The van der Waals surface area contributed by atoms with Gasteiger partial charge in [0, 0.05) is 12.1 Å². The maximum Gasteiger partial charge on any atom is 0.120 e. The van der Waals surface area contributed by atoms with Crippen molar-refractivity contribution < 1.29 is 9.50 Å². The van der Waals surface area contributed by atoms with Gasteiger partial charge in [-0.15, -0.1) is 6.58 Å². The van der Waals surface area contributed by atoms with Gasteiger partial charge in [0.05, 0.1) is 0 Å². The Hall–Kier alpha value is -1.01. The minimum atomic E-state index is -1.04. The van der Waals surface area contributed by atoms with Gasteiger partial charge >= 0.3 is 0 Å². The first-order chi connectivity index (χ1) is 11.9. The van der Waals surface area contributed by atoms with Gasteiger partial charge < -0.3 is 16.6 Å². The van der Waals surface area contributed by atoms with Crippen LogP contribution in [-0.2, 0) is 0 Å². The molecule has 0 aliphatic carbocycles. The molecule has 0 aromatic carbocycles. The molecule has 1 fully saturated rings. The predicted octanol–water partition coefficient (Wildman–Crippen LogP) is 2.79. The van der Waals surface area contributed by atoms with E-state index in [4.69, 9.17) is 11.5 Å².